The second-order valence-corrected chi connectivity index (χ2v) is 5.45. The van der Waals surface area contributed by atoms with E-state index in [4.69, 9.17) is 5.73 Å². The Morgan fingerprint density at radius 2 is 2.18 bits per heavy atom. The topological polar surface area (TPSA) is 93.1 Å². The Balaban J connectivity index is 1.98. The van der Waals surface area contributed by atoms with Crippen molar-refractivity contribution in [1.29, 1.82) is 0 Å². The summed E-state index contributed by atoms with van der Waals surface area (Å²) in [6.07, 6.45) is 3.55. The predicted molar refractivity (Wildman–Crippen MR) is 84.4 cm³/mol. The lowest BCUT2D eigenvalue weighted by Gasteiger charge is -2.30. The third-order valence-corrected chi connectivity index (χ3v) is 4.21. The Labute approximate surface area is 129 Å². The highest BCUT2D eigenvalue weighted by atomic mass is 16.3. The highest BCUT2D eigenvalue weighted by Gasteiger charge is 2.26. The first-order valence-corrected chi connectivity index (χ1v) is 7.72. The Morgan fingerprint density at radius 3 is 2.86 bits per heavy atom. The van der Waals surface area contributed by atoms with Gasteiger partial charge in [0, 0.05) is 49.1 Å². The molecule has 7 nitrogen and oxygen atoms in total. The molecule has 0 spiro atoms. The summed E-state index contributed by atoms with van der Waals surface area (Å²) in [5, 5.41) is 14.1. The van der Waals surface area contributed by atoms with Crippen LogP contribution in [0.5, 0.6) is 0 Å². The van der Waals surface area contributed by atoms with Gasteiger partial charge in [0.1, 0.15) is 5.82 Å². The number of nitrogen functional groups attached to an aromatic ring is 1. The van der Waals surface area contributed by atoms with Crippen LogP contribution in [-0.2, 0) is 32.5 Å². The zero-order chi connectivity index (χ0) is 15.7. The van der Waals surface area contributed by atoms with Gasteiger partial charge in [-0.2, -0.15) is 10.1 Å². The van der Waals surface area contributed by atoms with E-state index in [1.165, 1.54) is 5.69 Å². The van der Waals surface area contributed by atoms with Gasteiger partial charge < -0.3 is 15.7 Å². The van der Waals surface area contributed by atoms with Crippen molar-refractivity contribution in [3.05, 3.63) is 28.7 Å². The monoisotopic (exact) mass is 302 g/mol. The van der Waals surface area contributed by atoms with E-state index < -0.39 is 0 Å². The SMILES string of the molecule is CCc1cnc(N)nc1N1CCc2c(c(CO)nn2CC)C1. The van der Waals surface area contributed by atoms with Gasteiger partial charge in [0.15, 0.2) is 0 Å². The largest absolute Gasteiger partial charge is 0.390 e. The van der Waals surface area contributed by atoms with Crippen LogP contribution >= 0.6 is 0 Å². The minimum atomic E-state index is -0.0320. The van der Waals surface area contributed by atoms with Crippen LogP contribution in [0.2, 0.25) is 0 Å². The second kappa shape index (κ2) is 5.92. The summed E-state index contributed by atoms with van der Waals surface area (Å²) < 4.78 is 1.99. The average Bonchev–Trinajstić information content (AvgIpc) is 2.91. The number of aromatic nitrogens is 4. The number of aliphatic hydroxyl groups is 1. The first-order chi connectivity index (χ1) is 10.7. The first kappa shape index (κ1) is 14.8. The average molecular weight is 302 g/mol. The van der Waals surface area contributed by atoms with Crippen LogP contribution in [0, 0.1) is 0 Å². The molecule has 1 aliphatic rings. The van der Waals surface area contributed by atoms with E-state index in [1.807, 2.05) is 4.68 Å². The van der Waals surface area contributed by atoms with Gasteiger partial charge in [-0.3, -0.25) is 4.68 Å². The fraction of sp³-hybridized carbons (Fsp3) is 0.533. The quantitative estimate of drug-likeness (QED) is 0.871. The normalized spacial score (nSPS) is 14.2. The van der Waals surface area contributed by atoms with Gasteiger partial charge in [0.05, 0.1) is 12.3 Å². The molecule has 0 amide bonds. The molecular formula is C15H22N6O. The van der Waals surface area contributed by atoms with Crippen LogP contribution in [0.15, 0.2) is 6.20 Å². The van der Waals surface area contributed by atoms with Gasteiger partial charge in [0.2, 0.25) is 5.95 Å². The molecule has 3 N–H and O–H groups in total. The number of fused-ring (bicyclic) bond motifs is 1. The van der Waals surface area contributed by atoms with E-state index in [9.17, 15) is 5.11 Å². The molecule has 0 fully saturated rings. The Bertz CT molecular complexity index is 681. The Morgan fingerprint density at radius 1 is 1.36 bits per heavy atom. The molecule has 0 bridgehead atoms. The maximum atomic E-state index is 9.56. The maximum Gasteiger partial charge on any atom is 0.221 e. The number of rotatable bonds is 4. The molecular weight excluding hydrogens is 280 g/mol. The molecule has 0 aromatic carbocycles. The van der Waals surface area contributed by atoms with Crippen LogP contribution in [0.25, 0.3) is 0 Å². The number of hydrogen-bond donors (Lipinski definition) is 2. The number of nitrogens with zero attached hydrogens (tertiary/aromatic N) is 5. The third-order valence-electron chi connectivity index (χ3n) is 4.21. The van der Waals surface area contributed by atoms with Crippen LogP contribution in [0.1, 0.15) is 36.4 Å². The van der Waals surface area contributed by atoms with Gasteiger partial charge in [-0.15, -0.1) is 0 Å². The van der Waals surface area contributed by atoms with Gasteiger partial charge >= 0.3 is 0 Å². The molecule has 0 aliphatic carbocycles. The van der Waals surface area contributed by atoms with Crippen molar-refractivity contribution in [3.63, 3.8) is 0 Å². The summed E-state index contributed by atoms with van der Waals surface area (Å²) in [6.45, 7) is 6.52. The van der Waals surface area contributed by atoms with E-state index in [0.717, 1.165) is 48.6 Å². The number of aryl methyl sites for hydroxylation is 2. The molecule has 118 valence electrons. The van der Waals surface area contributed by atoms with E-state index in [2.05, 4.69) is 33.8 Å². The van der Waals surface area contributed by atoms with Crippen molar-refractivity contribution in [3.8, 4) is 0 Å². The van der Waals surface area contributed by atoms with Gasteiger partial charge in [0.25, 0.3) is 0 Å². The summed E-state index contributed by atoms with van der Waals surface area (Å²) in [7, 11) is 0. The highest BCUT2D eigenvalue weighted by Crippen LogP contribution is 2.28. The van der Waals surface area contributed by atoms with Crippen molar-refractivity contribution in [2.45, 2.75) is 46.4 Å². The lowest BCUT2D eigenvalue weighted by Crippen LogP contribution is -2.33. The molecule has 0 saturated heterocycles. The van der Waals surface area contributed by atoms with Crippen molar-refractivity contribution in [2.75, 3.05) is 17.2 Å². The van der Waals surface area contributed by atoms with E-state index in [1.54, 1.807) is 6.20 Å². The van der Waals surface area contributed by atoms with Crippen LogP contribution in [0.4, 0.5) is 11.8 Å². The molecule has 22 heavy (non-hydrogen) atoms. The molecule has 2 aromatic rings. The van der Waals surface area contributed by atoms with Crippen LogP contribution < -0.4 is 10.6 Å². The second-order valence-electron chi connectivity index (χ2n) is 5.45. The summed E-state index contributed by atoms with van der Waals surface area (Å²) in [6, 6.07) is 0. The van der Waals surface area contributed by atoms with Crippen molar-refractivity contribution in [2.24, 2.45) is 0 Å². The maximum absolute atomic E-state index is 9.56. The zero-order valence-corrected chi connectivity index (χ0v) is 13.1. The molecule has 2 aromatic heterocycles. The molecule has 0 radical (unpaired) electrons. The van der Waals surface area contributed by atoms with Crippen LogP contribution in [0.3, 0.4) is 0 Å². The first-order valence-electron chi connectivity index (χ1n) is 7.72. The molecule has 1 aliphatic heterocycles. The smallest absolute Gasteiger partial charge is 0.221 e. The Kier molecular flexibility index (Phi) is 3.98. The van der Waals surface area contributed by atoms with Gasteiger partial charge in [-0.05, 0) is 13.3 Å². The standard InChI is InChI=1S/C15H22N6O/c1-3-10-7-17-15(16)18-14(10)20-6-5-13-11(8-20)12(9-22)19-21(13)4-2/h7,22H,3-6,8-9H2,1-2H3,(H2,16,17,18). The predicted octanol–water partition coefficient (Wildman–Crippen LogP) is 0.893. The minimum Gasteiger partial charge on any atom is -0.390 e. The number of hydrogen-bond acceptors (Lipinski definition) is 6. The minimum absolute atomic E-state index is 0.0320. The van der Waals surface area contributed by atoms with E-state index in [0.29, 0.717) is 12.5 Å². The number of nitrogens with two attached hydrogens (primary N) is 1. The summed E-state index contributed by atoms with van der Waals surface area (Å²) in [5.41, 5.74) is 9.96. The highest BCUT2D eigenvalue weighted by molar-refractivity contribution is 5.51. The lowest BCUT2D eigenvalue weighted by atomic mass is 10.0. The molecule has 3 heterocycles. The molecule has 0 saturated carbocycles. The molecule has 0 atom stereocenters. The van der Waals surface area contributed by atoms with Gasteiger partial charge in [-0.1, -0.05) is 6.92 Å². The fourth-order valence-corrected chi connectivity index (χ4v) is 3.07. The van der Waals surface area contributed by atoms with E-state index in [-0.39, 0.29) is 6.61 Å². The van der Waals surface area contributed by atoms with Crippen LogP contribution in [-0.4, -0.2) is 31.4 Å². The lowest BCUT2D eigenvalue weighted by molar-refractivity contribution is 0.274. The number of aliphatic hydroxyl groups excluding tert-OH is 1. The molecule has 0 unspecified atom stereocenters. The van der Waals surface area contributed by atoms with Crippen molar-refractivity contribution < 1.29 is 5.11 Å². The van der Waals surface area contributed by atoms with Crippen molar-refractivity contribution in [1.82, 2.24) is 19.7 Å². The third kappa shape index (κ3) is 2.41. The van der Waals surface area contributed by atoms with E-state index >= 15 is 0 Å². The van der Waals surface area contributed by atoms with Gasteiger partial charge in [-0.25, -0.2) is 4.98 Å². The summed E-state index contributed by atoms with van der Waals surface area (Å²) in [5.74, 6) is 1.19. The molecule has 3 rings (SSSR count). The summed E-state index contributed by atoms with van der Waals surface area (Å²) in [4.78, 5) is 10.7. The summed E-state index contributed by atoms with van der Waals surface area (Å²) >= 11 is 0. The number of anilines is 2. The fourth-order valence-electron chi connectivity index (χ4n) is 3.07. The van der Waals surface area contributed by atoms with Crippen molar-refractivity contribution >= 4 is 11.8 Å². The molecule has 7 heteroatoms. The zero-order valence-electron chi connectivity index (χ0n) is 13.1. The Hall–Kier alpha value is -2.15.